The van der Waals surface area contributed by atoms with Gasteiger partial charge in [-0.05, 0) is 12.8 Å². The van der Waals surface area contributed by atoms with Gasteiger partial charge in [-0.1, -0.05) is 6.42 Å². The fraction of sp³-hybridized carbons (Fsp3) is 1.00. The van der Waals surface area contributed by atoms with Crippen molar-refractivity contribution in [2.24, 2.45) is 11.7 Å². The number of alkyl halides is 2. The zero-order valence-electron chi connectivity index (χ0n) is 5.95. The average Bonchev–Trinajstić information content (AvgIpc) is 1.87. The minimum atomic E-state index is -2.48. The molecule has 0 spiro atoms. The number of hydrogen-bond acceptors (Lipinski definition) is 1. The highest BCUT2D eigenvalue weighted by atomic mass is 19.3. The van der Waals surface area contributed by atoms with Crippen molar-refractivity contribution in [1.29, 1.82) is 0 Å². The van der Waals surface area contributed by atoms with Gasteiger partial charge < -0.3 is 5.73 Å². The van der Waals surface area contributed by atoms with Gasteiger partial charge in [0.2, 0.25) is 0 Å². The van der Waals surface area contributed by atoms with Crippen LogP contribution in [0.4, 0.5) is 8.78 Å². The predicted molar refractivity (Wildman–Crippen MR) is 36.0 cm³/mol. The summed E-state index contributed by atoms with van der Waals surface area (Å²) < 4.78 is 25.6. The van der Waals surface area contributed by atoms with Crippen LogP contribution in [0, 0.1) is 5.92 Å². The minimum absolute atomic E-state index is 0.0366. The Morgan fingerprint density at radius 2 is 2.10 bits per heavy atom. The molecule has 1 aliphatic carbocycles. The zero-order chi connectivity index (χ0) is 7.61. The fourth-order valence-corrected chi connectivity index (χ4v) is 1.46. The van der Waals surface area contributed by atoms with Crippen LogP contribution in [0.15, 0.2) is 0 Å². The number of hydrogen-bond donors (Lipinski definition) is 1. The van der Waals surface area contributed by atoms with Crippen LogP contribution in [0.25, 0.3) is 0 Å². The second-order valence-corrected chi connectivity index (χ2v) is 2.94. The Morgan fingerprint density at radius 1 is 1.40 bits per heavy atom. The second-order valence-electron chi connectivity index (χ2n) is 2.94. The number of halogens is 2. The van der Waals surface area contributed by atoms with Crippen molar-refractivity contribution in [2.75, 3.05) is 6.54 Å². The van der Waals surface area contributed by atoms with E-state index in [0.29, 0.717) is 12.8 Å². The molecule has 0 aromatic rings. The fourth-order valence-electron chi connectivity index (χ4n) is 1.46. The molecule has 1 rings (SSSR count). The van der Waals surface area contributed by atoms with Crippen molar-refractivity contribution in [3.63, 3.8) is 0 Å². The van der Waals surface area contributed by atoms with E-state index in [0.717, 1.165) is 6.42 Å². The van der Waals surface area contributed by atoms with Gasteiger partial charge in [0.25, 0.3) is 5.92 Å². The first-order chi connectivity index (χ1) is 4.67. The van der Waals surface area contributed by atoms with Crippen LogP contribution in [-0.4, -0.2) is 12.5 Å². The van der Waals surface area contributed by atoms with Crippen molar-refractivity contribution in [3.05, 3.63) is 0 Å². The summed E-state index contributed by atoms with van der Waals surface area (Å²) in [5.74, 6) is -3.03. The normalized spacial score (nSPS) is 32.1. The molecule has 60 valence electrons. The van der Waals surface area contributed by atoms with Crippen LogP contribution in [0.2, 0.25) is 0 Å². The first kappa shape index (κ1) is 7.92. The van der Waals surface area contributed by atoms with Crippen LogP contribution in [0.5, 0.6) is 0 Å². The van der Waals surface area contributed by atoms with Crippen LogP contribution in [0.1, 0.15) is 25.7 Å². The highest BCUT2D eigenvalue weighted by Crippen LogP contribution is 2.37. The first-order valence-corrected chi connectivity index (χ1v) is 3.74. The molecule has 1 aliphatic rings. The smallest absolute Gasteiger partial charge is 0.252 e. The molecule has 0 aromatic heterocycles. The molecule has 10 heavy (non-hydrogen) atoms. The summed E-state index contributed by atoms with van der Waals surface area (Å²) in [7, 11) is 0. The molecule has 0 heterocycles. The molecule has 0 aromatic carbocycles. The van der Waals surface area contributed by atoms with Gasteiger partial charge in [-0.15, -0.1) is 0 Å². The lowest BCUT2D eigenvalue weighted by atomic mass is 9.86. The van der Waals surface area contributed by atoms with Gasteiger partial charge in [-0.3, -0.25) is 0 Å². The molecule has 2 N–H and O–H groups in total. The second kappa shape index (κ2) is 2.82. The van der Waals surface area contributed by atoms with Crippen LogP contribution >= 0.6 is 0 Å². The van der Waals surface area contributed by atoms with Gasteiger partial charge in [0.05, 0.1) is 0 Å². The Bertz CT molecular complexity index is 114. The molecular weight excluding hydrogens is 136 g/mol. The summed E-state index contributed by atoms with van der Waals surface area (Å²) in [6, 6.07) is 0. The molecule has 1 atom stereocenters. The number of nitrogens with two attached hydrogens (primary N) is 1. The molecule has 0 bridgehead atoms. The maximum absolute atomic E-state index is 12.8. The number of rotatable bonds is 1. The average molecular weight is 149 g/mol. The summed E-state index contributed by atoms with van der Waals surface area (Å²) in [6.45, 7) is 0.132. The standard InChI is InChI=1S/C7H13F2N/c8-7(9)4-2-1-3-6(7)5-10/h6H,1-5,10H2/t6-/m0/s1. The van der Waals surface area contributed by atoms with Crippen molar-refractivity contribution in [1.82, 2.24) is 0 Å². The Kier molecular flexibility index (Phi) is 2.24. The lowest BCUT2D eigenvalue weighted by molar-refractivity contribution is -0.0816. The van der Waals surface area contributed by atoms with E-state index < -0.39 is 11.8 Å². The largest absolute Gasteiger partial charge is 0.330 e. The molecule has 1 saturated carbocycles. The molecule has 0 amide bonds. The highest BCUT2D eigenvalue weighted by molar-refractivity contribution is 4.81. The van der Waals surface area contributed by atoms with Crippen molar-refractivity contribution >= 4 is 0 Å². The third-order valence-corrected chi connectivity index (χ3v) is 2.19. The van der Waals surface area contributed by atoms with Crippen LogP contribution in [-0.2, 0) is 0 Å². The summed E-state index contributed by atoms with van der Waals surface area (Å²) in [5.41, 5.74) is 5.20. The molecule has 0 radical (unpaired) electrons. The predicted octanol–water partition coefficient (Wildman–Crippen LogP) is 1.77. The van der Waals surface area contributed by atoms with Crippen molar-refractivity contribution in [3.8, 4) is 0 Å². The van der Waals surface area contributed by atoms with E-state index >= 15 is 0 Å². The molecule has 0 saturated heterocycles. The molecule has 0 unspecified atom stereocenters. The lowest BCUT2D eigenvalue weighted by Crippen LogP contribution is -2.36. The Morgan fingerprint density at radius 3 is 2.50 bits per heavy atom. The van der Waals surface area contributed by atoms with Crippen molar-refractivity contribution < 1.29 is 8.78 Å². The molecule has 1 nitrogen and oxygen atoms in total. The quantitative estimate of drug-likeness (QED) is 0.604. The first-order valence-electron chi connectivity index (χ1n) is 3.74. The van der Waals surface area contributed by atoms with Gasteiger partial charge in [0.15, 0.2) is 0 Å². The summed E-state index contributed by atoms with van der Waals surface area (Å²) in [6.07, 6.45) is 2.21. The maximum atomic E-state index is 12.8. The van der Waals surface area contributed by atoms with Gasteiger partial charge >= 0.3 is 0 Å². The third-order valence-electron chi connectivity index (χ3n) is 2.19. The van der Waals surface area contributed by atoms with Crippen molar-refractivity contribution in [2.45, 2.75) is 31.6 Å². The lowest BCUT2D eigenvalue weighted by Gasteiger charge is -2.29. The topological polar surface area (TPSA) is 26.0 Å². The summed E-state index contributed by atoms with van der Waals surface area (Å²) in [4.78, 5) is 0. The Hall–Kier alpha value is -0.180. The van der Waals surface area contributed by atoms with E-state index in [2.05, 4.69) is 0 Å². The molecule has 3 heteroatoms. The van der Waals surface area contributed by atoms with E-state index in [4.69, 9.17) is 5.73 Å². The van der Waals surface area contributed by atoms with E-state index in [1.54, 1.807) is 0 Å². The Labute approximate surface area is 59.6 Å². The third kappa shape index (κ3) is 1.45. The van der Waals surface area contributed by atoms with Crippen LogP contribution < -0.4 is 5.73 Å². The monoisotopic (exact) mass is 149 g/mol. The highest BCUT2D eigenvalue weighted by Gasteiger charge is 2.39. The van der Waals surface area contributed by atoms with E-state index in [9.17, 15) is 8.78 Å². The molecule has 1 fully saturated rings. The molecular formula is C7H13F2N. The van der Waals surface area contributed by atoms with E-state index in [-0.39, 0.29) is 13.0 Å². The van der Waals surface area contributed by atoms with Gasteiger partial charge in [0, 0.05) is 18.9 Å². The van der Waals surface area contributed by atoms with Gasteiger partial charge in [-0.2, -0.15) is 0 Å². The molecule has 0 aliphatic heterocycles. The summed E-state index contributed by atoms with van der Waals surface area (Å²) in [5, 5.41) is 0. The maximum Gasteiger partial charge on any atom is 0.252 e. The van der Waals surface area contributed by atoms with Gasteiger partial charge in [-0.25, -0.2) is 8.78 Å². The van der Waals surface area contributed by atoms with Crippen LogP contribution in [0.3, 0.4) is 0 Å². The van der Waals surface area contributed by atoms with Gasteiger partial charge in [0.1, 0.15) is 0 Å². The van der Waals surface area contributed by atoms with E-state index in [1.807, 2.05) is 0 Å². The zero-order valence-corrected chi connectivity index (χ0v) is 5.95. The SMILES string of the molecule is NC[C@@H]1CCCCC1(F)F. The Balaban J connectivity index is 2.51. The van der Waals surface area contributed by atoms with E-state index in [1.165, 1.54) is 0 Å². The minimum Gasteiger partial charge on any atom is -0.330 e. The summed E-state index contributed by atoms with van der Waals surface area (Å²) >= 11 is 0.